The van der Waals surface area contributed by atoms with Crippen molar-refractivity contribution in [1.82, 2.24) is 9.80 Å². The Bertz CT molecular complexity index is 824. The maximum absolute atomic E-state index is 13.0. The van der Waals surface area contributed by atoms with Crippen molar-refractivity contribution in [2.45, 2.75) is 25.4 Å². The van der Waals surface area contributed by atoms with Crippen molar-refractivity contribution in [3.8, 4) is 0 Å². The van der Waals surface area contributed by atoms with Gasteiger partial charge in [0.15, 0.2) is 0 Å². The van der Waals surface area contributed by atoms with Crippen LogP contribution in [-0.4, -0.2) is 40.7 Å². The van der Waals surface area contributed by atoms with E-state index >= 15 is 0 Å². The Kier molecular flexibility index (Phi) is 4.68. The summed E-state index contributed by atoms with van der Waals surface area (Å²) >= 11 is 6.21. The zero-order valence-electron chi connectivity index (χ0n) is 14.5. The van der Waals surface area contributed by atoms with Crippen molar-refractivity contribution < 1.29 is 9.59 Å². The highest BCUT2D eigenvalue weighted by molar-refractivity contribution is 6.33. The number of hydrogen-bond donors (Lipinski definition) is 0. The second kappa shape index (κ2) is 7.12. The normalized spacial score (nSPS) is 22.4. The summed E-state index contributed by atoms with van der Waals surface area (Å²) in [4.78, 5) is 29.7. The Morgan fingerprint density at radius 3 is 2.50 bits per heavy atom. The lowest BCUT2D eigenvalue weighted by Crippen LogP contribution is -2.47. The van der Waals surface area contributed by atoms with Crippen molar-refractivity contribution in [3.63, 3.8) is 0 Å². The number of rotatable bonds is 3. The Morgan fingerprint density at radius 1 is 1.00 bits per heavy atom. The molecule has 2 atom stereocenters. The molecule has 3 aliphatic rings. The molecule has 0 aliphatic carbocycles. The molecule has 3 saturated heterocycles. The molecule has 0 radical (unpaired) electrons. The summed E-state index contributed by atoms with van der Waals surface area (Å²) in [6, 6.07) is 17.2. The third-order valence-electron chi connectivity index (χ3n) is 5.38. The fourth-order valence-corrected chi connectivity index (χ4v) is 4.22. The van der Waals surface area contributed by atoms with Crippen molar-refractivity contribution in [2.75, 3.05) is 13.1 Å². The molecular weight excluding hydrogens is 348 g/mol. The number of hydrogen-bond acceptors (Lipinski definition) is 2. The first-order valence-corrected chi connectivity index (χ1v) is 9.39. The van der Waals surface area contributed by atoms with Crippen LogP contribution in [0.15, 0.2) is 54.6 Å². The Balaban J connectivity index is 1.57. The largest absolute Gasteiger partial charge is 0.336 e. The highest BCUT2D eigenvalue weighted by Crippen LogP contribution is 2.31. The lowest BCUT2D eigenvalue weighted by molar-refractivity contribution is -0.140. The lowest BCUT2D eigenvalue weighted by Gasteiger charge is -2.36. The summed E-state index contributed by atoms with van der Waals surface area (Å²) in [5.41, 5.74) is 1.63. The van der Waals surface area contributed by atoms with E-state index in [9.17, 15) is 9.59 Å². The molecule has 2 aromatic rings. The molecule has 134 valence electrons. The molecule has 0 N–H and O–H groups in total. The number of carbonyl (C=O) groups excluding carboxylic acids is 2. The van der Waals surface area contributed by atoms with E-state index < -0.39 is 0 Å². The summed E-state index contributed by atoms with van der Waals surface area (Å²) in [5, 5.41) is 0.460. The lowest BCUT2D eigenvalue weighted by atomic mass is 9.93. The van der Waals surface area contributed by atoms with Gasteiger partial charge < -0.3 is 9.80 Å². The smallest absolute Gasteiger partial charge is 0.255 e. The van der Waals surface area contributed by atoms with Gasteiger partial charge in [0.25, 0.3) is 5.91 Å². The van der Waals surface area contributed by atoms with Crippen LogP contribution in [0.2, 0.25) is 5.02 Å². The number of benzene rings is 2. The van der Waals surface area contributed by atoms with Gasteiger partial charge in [0.2, 0.25) is 5.91 Å². The first kappa shape index (κ1) is 17.1. The zero-order valence-corrected chi connectivity index (χ0v) is 15.2. The molecule has 5 rings (SSSR count). The van der Waals surface area contributed by atoms with Crippen LogP contribution < -0.4 is 0 Å². The number of amides is 2. The Morgan fingerprint density at radius 2 is 1.73 bits per heavy atom. The molecule has 26 heavy (non-hydrogen) atoms. The van der Waals surface area contributed by atoms with Crippen LogP contribution in [0.4, 0.5) is 0 Å². The zero-order chi connectivity index (χ0) is 18.1. The topological polar surface area (TPSA) is 40.6 Å². The standard InChI is InChI=1S/C21H21ClN2O2/c22-19-9-5-4-8-18(19)21(26)23-13-16-10-11-17(14-23)24(20(16)25)12-15-6-2-1-3-7-15/h1-9,16-17H,10-14H2/t16-,17+/m0/s1. The van der Waals surface area contributed by atoms with Gasteiger partial charge in [0.05, 0.1) is 16.5 Å². The summed E-state index contributed by atoms with van der Waals surface area (Å²) in [6.45, 7) is 1.65. The minimum Gasteiger partial charge on any atom is -0.336 e. The van der Waals surface area contributed by atoms with Crippen molar-refractivity contribution >= 4 is 23.4 Å². The van der Waals surface area contributed by atoms with E-state index in [1.807, 2.05) is 52.3 Å². The number of fused-ring (bicyclic) bond motifs is 4. The molecule has 0 saturated carbocycles. The van der Waals surface area contributed by atoms with E-state index in [0.29, 0.717) is 30.2 Å². The number of piperidine rings is 1. The third-order valence-corrected chi connectivity index (χ3v) is 5.71. The Labute approximate surface area is 158 Å². The predicted molar refractivity (Wildman–Crippen MR) is 101 cm³/mol. The van der Waals surface area contributed by atoms with Gasteiger partial charge >= 0.3 is 0 Å². The minimum atomic E-state index is -0.121. The molecule has 2 amide bonds. The first-order valence-electron chi connectivity index (χ1n) is 9.01. The third kappa shape index (κ3) is 3.21. The molecule has 3 aliphatic heterocycles. The van der Waals surface area contributed by atoms with Gasteiger partial charge in [-0.05, 0) is 30.5 Å². The maximum Gasteiger partial charge on any atom is 0.255 e. The molecule has 0 unspecified atom stereocenters. The molecular formula is C21H21ClN2O2. The molecule has 0 spiro atoms. The molecule has 3 fully saturated rings. The van der Waals surface area contributed by atoms with Crippen LogP contribution in [-0.2, 0) is 11.3 Å². The van der Waals surface area contributed by atoms with Crippen LogP contribution in [0.5, 0.6) is 0 Å². The van der Waals surface area contributed by atoms with Gasteiger partial charge in [-0.25, -0.2) is 0 Å². The Hall–Kier alpha value is -2.33. The number of halogens is 1. The fraction of sp³-hybridized carbons (Fsp3) is 0.333. The van der Waals surface area contributed by atoms with E-state index in [-0.39, 0.29) is 23.8 Å². The SMILES string of the molecule is O=C(c1ccccc1Cl)N1C[C@@H]2CC[C@H](C1)N(Cc1ccccc1)C2=O. The molecule has 0 aromatic heterocycles. The van der Waals surface area contributed by atoms with Gasteiger partial charge in [-0.1, -0.05) is 54.1 Å². The summed E-state index contributed by atoms with van der Waals surface area (Å²) < 4.78 is 0. The van der Waals surface area contributed by atoms with E-state index in [0.717, 1.165) is 18.4 Å². The second-order valence-corrected chi connectivity index (χ2v) is 7.48. The highest BCUT2D eigenvalue weighted by Gasteiger charge is 2.42. The summed E-state index contributed by atoms with van der Waals surface area (Å²) in [6.07, 6.45) is 1.79. The first-order chi connectivity index (χ1) is 12.6. The highest BCUT2D eigenvalue weighted by atomic mass is 35.5. The molecule has 4 nitrogen and oxygen atoms in total. The quantitative estimate of drug-likeness (QED) is 0.830. The van der Waals surface area contributed by atoms with Crippen LogP contribution in [0.3, 0.4) is 0 Å². The summed E-state index contributed by atoms with van der Waals surface area (Å²) in [5.74, 6) is -0.0367. The molecule has 5 heteroatoms. The maximum atomic E-state index is 13.0. The van der Waals surface area contributed by atoms with Crippen molar-refractivity contribution in [3.05, 3.63) is 70.7 Å². The number of carbonyl (C=O) groups is 2. The van der Waals surface area contributed by atoms with Gasteiger partial charge in [0.1, 0.15) is 0 Å². The van der Waals surface area contributed by atoms with Gasteiger partial charge in [-0.2, -0.15) is 0 Å². The second-order valence-electron chi connectivity index (χ2n) is 7.07. The van der Waals surface area contributed by atoms with E-state index in [2.05, 4.69) is 0 Å². The van der Waals surface area contributed by atoms with E-state index in [1.165, 1.54) is 0 Å². The van der Waals surface area contributed by atoms with Crippen LogP contribution in [0.25, 0.3) is 0 Å². The predicted octanol–water partition coefficient (Wildman–Crippen LogP) is 3.60. The monoisotopic (exact) mass is 368 g/mol. The minimum absolute atomic E-state index is 0.0629. The van der Waals surface area contributed by atoms with Crippen LogP contribution in [0.1, 0.15) is 28.8 Å². The average molecular weight is 369 g/mol. The number of nitrogens with zero attached hydrogens (tertiary/aromatic N) is 2. The summed E-state index contributed by atoms with van der Waals surface area (Å²) in [7, 11) is 0. The molecule has 3 heterocycles. The van der Waals surface area contributed by atoms with E-state index in [1.54, 1.807) is 12.1 Å². The van der Waals surface area contributed by atoms with Crippen LogP contribution >= 0.6 is 11.6 Å². The van der Waals surface area contributed by atoms with Gasteiger partial charge in [-0.15, -0.1) is 0 Å². The van der Waals surface area contributed by atoms with Crippen molar-refractivity contribution in [1.29, 1.82) is 0 Å². The van der Waals surface area contributed by atoms with Crippen LogP contribution in [0, 0.1) is 5.92 Å². The average Bonchev–Trinajstić information content (AvgIpc) is 2.95. The van der Waals surface area contributed by atoms with Crippen molar-refractivity contribution in [2.24, 2.45) is 5.92 Å². The van der Waals surface area contributed by atoms with E-state index in [4.69, 9.17) is 11.6 Å². The van der Waals surface area contributed by atoms with Gasteiger partial charge in [0, 0.05) is 25.7 Å². The molecule has 2 bridgehead atoms. The van der Waals surface area contributed by atoms with Gasteiger partial charge in [-0.3, -0.25) is 9.59 Å². The fourth-order valence-electron chi connectivity index (χ4n) is 4.00. The molecule has 2 aromatic carbocycles.